The van der Waals surface area contributed by atoms with Crippen LogP contribution in [0.5, 0.6) is 11.5 Å². The summed E-state index contributed by atoms with van der Waals surface area (Å²) >= 11 is 0. The van der Waals surface area contributed by atoms with Crippen molar-refractivity contribution in [3.8, 4) is 11.5 Å². The molecule has 2 aliphatic rings. The average Bonchev–Trinajstić information content (AvgIpc) is 3.54. The number of benzene rings is 2. The first-order valence-electron chi connectivity index (χ1n) is 9.84. The van der Waals surface area contributed by atoms with Crippen LogP contribution in [0.15, 0.2) is 42.5 Å². The van der Waals surface area contributed by atoms with Gasteiger partial charge in [-0.2, -0.15) is 0 Å². The van der Waals surface area contributed by atoms with Crippen molar-refractivity contribution < 1.29 is 19.4 Å². The van der Waals surface area contributed by atoms with Gasteiger partial charge in [0.1, 0.15) is 17.1 Å². The zero-order chi connectivity index (χ0) is 19.8. The third kappa shape index (κ3) is 3.14. The van der Waals surface area contributed by atoms with E-state index >= 15 is 0 Å². The minimum absolute atomic E-state index is 0.0361. The maximum Gasteiger partial charge on any atom is 0.230 e. The van der Waals surface area contributed by atoms with Crippen LogP contribution in [0.3, 0.4) is 0 Å². The normalized spacial score (nSPS) is 22.1. The van der Waals surface area contributed by atoms with Crippen LogP contribution in [-0.4, -0.2) is 31.8 Å². The van der Waals surface area contributed by atoms with E-state index in [4.69, 9.17) is 9.47 Å². The van der Waals surface area contributed by atoms with Crippen LogP contribution >= 0.6 is 0 Å². The van der Waals surface area contributed by atoms with Gasteiger partial charge in [0, 0.05) is 5.56 Å². The summed E-state index contributed by atoms with van der Waals surface area (Å²) in [5, 5.41) is 14.4. The molecule has 148 valence electrons. The number of para-hydroxylation sites is 1. The van der Waals surface area contributed by atoms with Crippen molar-refractivity contribution in [2.45, 2.75) is 43.1 Å². The van der Waals surface area contributed by atoms with Gasteiger partial charge < -0.3 is 19.9 Å². The number of nitrogens with one attached hydrogen (secondary N) is 1. The number of methoxy groups -OCH3 is 2. The van der Waals surface area contributed by atoms with Gasteiger partial charge in [-0.1, -0.05) is 24.3 Å². The van der Waals surface area contributed by atoms with Crippen molar-refractivity contribution in [1.82, 2.24) is 5.32 Å². The van der Waals surface area contributed by atoms with Gasteiger partial charge in [-0.25, -0.2) is 0 Å². The predicted molar refractivity (Wildman–Crippen MR) is 107 cm³/mol. The Hall–Kier alpha value is -2.53. The monoisotopic (exact) mass is 381 g/mol. The van der Waals surface area contributed by atoms with Crippen LogP contribution in [0, 0.1) is 0 Å². The summed E-state index contributed by atoms with van der Waals surface area (Å²) in [4.78, 5) is 13.1. The number of rotatable bonds is 6. The highest BCUT2D eigenvalue weighted by molar-refractivity contribution is 5.92. The summed E-state index contributed by atoms with van der Waals surface area (Å²) in [5.41, 5.74) is 1.32. The van der Waals surface area contributed by atoms with Crippen LogP contribution in [0.25, 0.3) is 0 Å². The molecule has 0 spiro atoms. The minimum Gasteiger partial charge on any atom is -0.497 e. The number of aliphatic hydroxyl groups is 1. The third-order valence-electron chi connectivity index (χ3n) is 6.20. The second-order valence-electron chi connectivity index (χ2n) is 7.87. The lowest BCUT2D eigenvalue weighted by atomic mass is 9.79. The molecule has 2 aromatic carbocycles. The van der Waals surface area contributed by atoms with Gasteiger partial charge in [0.05, 0.1) is 26.2 Å². The van der Waals surface area contributed by atoms with Gasteiger partial charge >= 0.3 is 0 Å². The van der Waals surface area contributed by atoms with E-state index in [1.54, 1.807) is 14.2 Å². The molecule has 0 aliphatic heterocycles. The number of hydrogen-bond acceptors (Lipinski definition) is 4. The number of amides is 1. The Morgan fingerprint density at radius 2 is 1.86 bits per heavy atom. The first kappa shape index (κ1) is 18.8. The van der Waals surface area contributed by atoms with E-state index in [0.29, 0.717) is 6.42 Å². The summed E-state index contributed by atoms with van der Waals surface area (Å²) in [5.74, 6) is 1.50. The number of hydrogen-bond donors (Lipinski definition) is 2. The molecule has 0 bridgehead atoms. The molecular formula is C23H27NO4. The molecule has 0 radical (unpaired) electrons. The lowest BCUT2D eigenvalue weighted by Crippen LogP contribution is -2.46. The summed E-state index contributed by atoms with van der Waals surface area (Å²) < 4.78 is 10.8. The third-order valence-corrected chi connectivity index (χ3v) is 6.20. The molecule has 1 saturated carbocycles. The number of aryl methyl sites for hydroxylation is 1. The standard InChI is InChI=1S/C23H27NO4/c1-27-17-9-10-18-16(14-17)6-5-11-23(18,26)15-24-21(25)22(12-13-22)19-7-3-4-8-20(19)28-2/h3-4,7-10,14,26H,5-6,11-13,15H2,1-2H3,(H,24,25). The fourth-order valence-corrected chi connectivity index (χ4v) is 4.43. The highest BCUT2D eigenvalue weighted by Crippen LogP contribution is 2.51. The minimum atomic E-state index is -1.05. The van der Waals surface area contributed by atoms with Crippen molar-refractivity contribution >= 4 is 5.91 Å². The van der Waals surface area contributed by atoms with Crippen molar-refractivity contribution in [3.63, 3.8) is 0 Å². The number of carbonyl (C=O) groups is 1. The Balaban J connectivity index is 1.53. The molecule has 5 nitrogen and oxygen atoms in total. The highest BCUT2D eigenvalue weighted by atomic mass is 16.5. The zero-order valence-electron chi connectivity index (χ0n) is 16.5. The van der Waals surface area contributed by atoms with Gasteiger partial charge in [-0.15, -0.1) is 0 Å². The van der Waals surface area contributed by atoms with E-state index in [1.165, 1.54) is 0 Å². The van der Waals surface area contributed by atoms with Gasteiger partial charge in [0.15, 0.2) is 0 Å². The fraction of sp³-hybridized carbons (Fsp3) is 0.435. The van der Waals surface area contributed by atoms with E-state index in [2.05, 4.69) is 5.32 Å². The molecule has 5 heteroatoms. The smallest absolute Gasteiger partial charge is 0.230 e. The van der Waals surface area contributed by atoms with Crippen LogP contribution in [0.1, 0.15) is 42.4 Å². The lowest BCUT2D eigenvalue weighted by Gasteiger charge is -2.35. The van der Waals surface area contributed by atoms with Crippen molar-refractivity contribution in [2.75, 3.05) is 20.8 Å². The van der Waals surface area contributed by atoms with Crippen LogP contribution in [-0.2, 0) is 22.2 Å². The molecule has 2 aromatic rings. The SMILES string of the molecule is COc1ccc2c(c1)CCCC2(O)CNC(=O)C1(c2ccccc2OC)CC1. The molecule has 1 unspecified atom stereocenters. The van der Waals surface area contributed by atoms with Gasteiger partial charge in [0.2, 0.25) is 5.91 Å². The van der Waals surface area contributed by atoms with Gasteiger partial charge in [0.25, 0.3) is 0 Å². The van der Waals surface area contributed by atoms with Gasteiger partial charge in [-0.3, -0.25) is 4.79 Å². The van der Waals surface area contributed by atoms with Crippen LogP contribution in [0.4, 0.5) is 0 Å². The molecule has 0 heterocycles. The maximum atomic E-state index is 13.1. The van der Waals surface area contributed by atoms with Crippen molar-refractivity contribution in [3.05, 3.63) is 59.2 Å². The second-order valence-corrected chi connectivity index (χ2v) is 7.87. The quantitative estimate of drug-likeness (QED) is 0.807. The Kier molecular flexibility index (Phi) is 4.79. The van der Waals surface area contributed by atoms with Crippen LogP contribution < -0.4 is 14.8 Å². The number of carbonyl (C=O) groups excluding carboxylic acids is 1. The first-order chi connectivity index (χ1) is 13.5. The van der Waals surface area contributed by atoms with E-state index in [1.807, 2.05) is 42.5 Å². The first-order valence-corrected chi connectivity index (χ1v) is 9.84. The summed E-state index contributed by atoms with van der Waals surface area (Å²) in [6.07, 6.45) is 4.02. The Bertz CT molecular complexity index is 890. The molecule has 0 aromatic heterocycles. The average molecular weight is 381 g/mol. The second kappa shape index (κ2) is 7.13. The molecule has 2 N–H and O–H groups in total. The Morgan fingerprint density at radius 3 is 2.57 bits per heavy atom. The Morgan fingerprint density at radius 1 is 1.07 bits per heavy atom. The fourth-order valence-electron chi connectivity index (χ4n) is 4.43. The molecule has 1 atom stereocenters. The molecule has 0 saturated heterocycles. The van der Waals surface area contributed by atoms with E-state index in [-0.39, 0.29) is 12.5 Å². The van der Waals surface area contributed by atoms with E-state index in [9.17, 15) is 9.90 Å². The van der Waals surface area contributed by atoms with Crippen LogP contribution in [0.2, 0.25) is 0 Å². The molecular weight excluding hydrogens is 354 g/mol. The lowest BCUT2D eigenvalue weighted by molar-refractivity contribution is -0.125. The Labute approximate surface area is 165 Å². The maximum absolute atomic E-state index is 13.1. The largest absolute Gasteiger partial charge is 0.497 e. The van der Waals surface area contributed by atoms with E-state index < -0.39 is 11.0 Å². The summed E-state index contributed by atoms with van der Waals surface area (Å²) in [6, 6.07) is 13.5. The molecule has 1 amide bonds. The number of fused-ring (bicyclic) bond motifs is 1. The molecule has 4 rings (SSSR count). The van der Waals surface area contributed by atoms with Crippen molar-refractivity contribution in [1.29, 1.82) is 0 Å². The van der Waals surface area contributed by atoms with E-state index in [0.717, 1.165) is 53.9 Å². The molecule has 28 heavy (non-hydrogen) atoms. The predicted octanol–water partition coefficient (Wildman–Crippen LogP) is 3.08. The summed E-state index contributed by atoms with van der Waals surface area (Å²) in [6.45, 7) is 0.210. The van der Waals surface area contributed by atoms with Crippen molar-refractivity contribution in [2.24, 2.45) is 0 Å². The highest BCUT2D eigenvalue weighted by Gasteiger charge is 2.53. The topological polar surface area (TPSA) is 67.8 Å². The number of ether oxygens (including phenoxy) is 2. The molecule has 1 fully saturated rings. The summed E-state index contributed by atoms with van der Waals surface area (Å²) in [7, 11) is 3.27. The zero-order valence-corrected chi connectivity index (χ0v) is 16.5. The molecule has 2 aliphatic carbocycles. The van der Waals surface area contributed by atoms with Gasteiger partial charge in [-0.05, 0) is 61.4 Å².